The van der Waals surface area contributed by atoms with Gasteiger partial charge in [0.25, 0.3) is 0 Å². The lowest BCUT2D eigenvalue weighted by Crippen LogP contribution is -2.17. The van der Waals surface area contributed by atoms with Crippen LogP contribution in [0.2, 0.25) is 0 Å². The molecule has 88 valence electrons. The number of thiophene rings is 1. The molecule has 1 aromatic heterocycles. The van der Waals surface area contributed by atoms with Gasteiger partial charge in [-0.05, 0) is 25.3 Å². The van der Waals surface area contributed by atoms with Gasteiger partial charge in [0.05, 0.1) is 10.7 Å². The number of hydrogen-bond acceptors (Lipinski definition) is 4. The lowest BCUT2D eigenvalue weighted by atomic mass is 10.0. The van der Waals surface area contributed by atoms with E-state index in [1.807, 2.05) is 6.07 Å². The first-order chi connectivity index (χ1) is 7.56. The minimum Gasteiger partial charge on any atom is -0.397 e. The molecule has 0 aliphatic rings. The van der Waals surface area contributed by atoms with E-state index in [4.69, 9.17) is 11.0 Å². The van der Waals surface area contributed by atoms with Crippen molar-refractivity contribution >= 4 is 22.0 Å². The summed E-state index contributed by atoms with van der Waals surface area (Å²) >= 11 is 1.43. The van der Waals surface area contributed by atoms with Crippen molar-refractivity contribution < 1.29 is 0 Å². The molecule has 3 N–H and O–H groups in total. The first kappa shape index (κ1) is 12.9. The summed E-state index contributed by atoms with van der Waals surface area (Å²) in [6.07, 6.45) is 2.33. The van der Waals surface area contributed by atoms with Crippen molar-refractivity contribution in [3.05, 3.63) is 10.9 Å². The molecular weight excluding hydrogens is 218 g/mol. The average Bonchev–Trinajstić information content (AvgIpc) is 2.58. The Morgan fingerprint density at radius 2 is 2.25 bits per heavy atom. The van der Waals surface area contributed by atoms with Crippen LogP contribution >= 0.6 is 11.3 Å². The number of rotatable bonds is 5. The van der Waals surface area contributed by atoms with Crippen molar-refractivity contribution in [3.8, 4) is 6.07 Å². The monoisotopic (exact) mass is 237 g/mol. The highest BCUT2D eigenvalue weighted by atomic mass is 32.1. The Kier molecular flexibility index (Phi) is 4.63. The van der Waals surface area contributed by atoms with Gasteiger partial charge in [0.2, 0.25) is 0 Å². The van der Waals surface area contributed by atoms with Crippen molar-refractivity contribution in [2.45, 2.75) is 39.7 Å². The van der Waals surface area contributed by atoms with Gasteiger partial charge in [0.15, 0.2) is 0 Å². The number of nitrogen functional groups attached to an aromatic ring is 1. The average molecular weight is 237 g/mol. The van der Waals surface area contributed by atoms with Crippen LogP contribution in [0.1, 0.15) is 38.5 Å². The van der Waals surface area contributed by atoms with E-state index in [0.717, 1.165) is 17.3 Å². The number of nitriles is 1. The smallest absolute Gasteiger partial charge is 0.129 e. The quantitative estimate of drug-likeness (QED) is 0.824. The largest absolute Gasteiger partial charge is 0.397 e. The second-order valence-corrected chi connectivity index (χ2v) is 5.35. The fraction of sp³-hybridized carbons (Fsp3) is 0.583. The van der Waals surface area contributed by atoms with Crippen LogP contribution in [0.5, 0.6) is 0 Å². The number of nitrogens with two attached hydrogens (primary N) is 1. The highest BCUT2D eigenvalue weighted by Crippen LogP contribution is 2.29. The van der Waals surface area contributed by atoms with E-state index < -0.39 is 0 Å². The maximum atomic E-state index is 8.80. The van der Waals surface area contributed by atoms with Crippen molar-refractivity contribution in [3.63, 3.8) is 0 Å². The van der Waals surface area contributed by atoms with Crippen LogP contribution in [0.3, 0.4) is 0 Å². The fourth-order valence-electron chi connectivity index (χ4n) is 1.64. The highest BCUT2D eigenvalue weighted by molar-refractivity contribution is 7.17. The minimum absolute atomic E-state index is 0.416. The van der Waals surface area contributed by atoms with Crippen molar-refractivity contribution in [1.82, 2.24) is 0 Å². The molecule has 0 radical (unpaired) electrons. The third-order valence-electron chi connectivity index (χ3n) is 2.70. The topological polar surface area (TPSA) is 61.8 Å². The molecule has 0 amide bonds. The zero-order valence-electron chi connectivity index (χ0n) is 10.1. The molecule has 0 saturated heterocycles. The van der Waals surface area contributed by atoms with Crippen LogP contribution < -0.4 is 11.1 Å². The maximum absolute atomic E-state index is 8.80. The van der Waals surface area contributed by atoms with Crippen LogP contribution in [0, 0.1) is 17.2 Å². The SMILES string of the molecule is CCC(C)CC(C)Nc1cc(N)c(C#N)s1. The molecule has 0 spiro atoms. The van der Waals surface area contributed by atoms with E-state index in [-0.39, 0.29) is 0 Å². The molecule has 0 fully saturated rings. The van der Waals surface area contributed by atoms with Gasteiger partial charge in [-0.1, -0.05) is 20.3 Å². The van der Waals surface area contributed by atoms with E-state index in [9.17, 15) is 0 Å². The summed E-state index contributed by atoms with van der Waals surface area (Å²) in [5.74, 6) is 0.718. The summed E-state index contributed by atoms with van der Waals surface area (Å²) in [7, 11) is 0. The van der Waals surface area contributed by atoms with Crippen LogP contribution in [0.4, 0.5) is 10.7 Å². The van der Waals surface area contributed by atoms with Crippen LogP contribution in [0.15, 0.2) is 6.07 Å². The molecule has 16 heavy (non-hydrogen) atoms. The molecule has 2 unspecified atom stereocenters. The molecular formula is C12H19N3S. The zero-order chi connectivity index (χ0) is 12.1. The summed E-state index contributed by atoms with van der Waals surface area (Å²) in [5.41, 5.74) is 6.28. The summed E-state index contributed by atoms with van der Waals surface area (Å²) in [6.45, 7) is 6.62. The summed E-state index contributed by atoms with van der Waals surface area (Å²) < 4.78 is 0. The van der Waals surface area contributed by atoms with Gasteiger partial charge in [-0.15, -0.1) is 11.3 Å². The predicted octanol–water partition coefficient (Wildman–Crippen LogP) is 3.44. The van der Waals surface area contributed by atoms with Crippen molar-refractivity contribution in [2.75, 3.05) is 11.1 Å². The lowest BCUT2D eigenvalue weighted by molar-refractivity contribution is 0.484. The first-order valence-corrected chi connectivity index (χ1v) is 6.44. The molecule has 0 aliphatic carbocycles. The van der Waals surface area contributed by atoms with E-state index in [2.05, 4.69) is 32.2 Å². The van der Waals surface area contributed by atoms with Gasteiger partial charge in [0, 0.05) is 6.04 Å². The van der Waals surface area contributed by atoms with E-state index in [0.29, 0.717) is 16.6 Å². The fourth-order valence-corrected chi connectivity index (χ4v) is 2.52. The molecule has 1 aromatic rings. The lowest BCUT2D eigenvalue weighted by Gasteiger charge is -2.17. The zero-order valence-corrected chi connectivity index (χ0v) is 10.9. The third-order valence-corrected chi connectivity index (χ3v) is 3.69. The Labute approximate surface area is 101 Å². The van der Waals surface area contributed by atoms with Gasteiger partial charge in [-0.2, -0.15) is 5.26 Å². The Morgan fingerprint density at radius 1 is 1.56 bits per heavy atom. The standard InChI is InChI=1S/C12H19N3S/c1-4-8(2)5-9(3)15-12-6-10(14)11(7-13)16-12/h6,8-9,15H,4-5,14H2,1-3H3. The predicted molar refractivity (Wildman–Crippen MR) is 70.6 cm³/mol. The Balaban J connectivity index is 2.56. The van der Waals surface area contributed by atoms with Gasteiger partial charge >= 0.3 is 0 Å². The number of nitrogens with one attached hydrogen (secondary N) is 1. The first-order valence-electron chi connectivity index (χ1n) is 5.62. The summed E-state index contributed by atoms with van der Waals surface area (Å²) in [4.78, 5) is 0.596. The van der Waals surface area contributed by atoms with Gasteiger partial charge in [0.1, 0.15) is 10.9 Å². The molecule has 0 aliphatic heterocycles. The Hall–Kier alpha value is -1.21. The third kappa shape index (κ3) is 3.42. The van der Waals surface area contributed by atoms with Gasteiger partial charge < -0.3 is 11.1 Å². The number of hydrogen-bond donors (Lipinski definition) is 2. The molecule has 0 saturated carbocycles. The Morgan fingerprint density at radius 3 is 2.75 bits per heavy atom. The number of nitrogens with zero attached hydrogens (tertiary/aromatic N) is 1. The molecule has 1 rings (SSSR count). The Bertz CT molecular complexity index is 378. The maximum Gasteiger partial charge on any atom is 0.129 e. The van der Waals surface area contributed by atoms with Crippen molar-refractivity contribution in [2.24, 2.45) is 5.92 Å². The molecule has 3 nitrogen and oxygen atoms in total. The van der Waals surface area contributed by atoms with E-state index in [1.165, 1.54) is 17.8 Å². The summed E-state index contributed by atoms with van der Waals surface area (Å²) in [6, 6.07) is 4.35. The molecule has 1 heterocycles. The van der Waals surface area contributed by atoms with E-state index in [1.54, 1.807) is 0 Å². The molecule has 2 atom stereocenters. The molecule has 0 bridgehead atoms. The number of anilines is 2. The molecule has 4 heteroatoms. The molecule has 0 aromatic carbocycles. The van der Waals surface area contributed by atoms with Crippen LogP contribution in [-0.4, -0.2) is 6.04 Å². The normalized spacial score (nSPS) is 14.1. The van der Waals surface area contributed by atoms with E-state index >= 15 is 0 Å². The van der Waals surface area contributed by atoms with Gasteiger partial charge in [-0.25, -0.2) is 0 Å². The van der Waals surface area contributed by atoms with Crippen molar-refractivity contribution in [1.29, 1.82) is 5.26 Å². The van der Waals surface area contributed by atoms with Crippen LogP contribution in [0.25, 0.3) is 0 Å². The second kappa shape index (κ2) is 5.76. The minimum atomic E-state index is 0.416. The van der Waals surface area contributed by atoms with Gasteiger partial charge in [-0.3, -0.25) is 0 Å². The summed E-state index contributed by atoms with van der Waals surface area (Å²) in [5, 5.41) is 13.2. The highest BCUT2D eigenvalue weighted by Gasteiger charge is 2.10. The van der Waals surface area contributed by atoms with Crippen LogP contribution in [-0.2, 0) is 0 Å². The second-order valence-electron chi connectivity index (χ2n) is 4.30.